The van der Waals surface area contributed by atoms with E-state index in [1.807, 2.05) is 0 Å². The number of fused-ring (bicyclic) bond motifs is 1. The van der Waals surface area contributed by atoms with E-state index in [0.29, 0.717) is 16.9 Å². The van der Waals surface area contributed by atoms with E-state index in [9.17, 15) is 9.90 Å². The fourth-order valence-electron chi connectivity index (χ4n) is 4.01. The van der Waals surface area contributed by atoms with Crippen molar-refractivity contribution in [2.24, 2.45) is 0 Å². The largest absolute Gasteiger partial charge is 0.507 e. The van der Waals surface area contributed by atoms with Crippen molar-refractivity contribution in [3.8, 4) is 22.6 Å². The van der Waals surface area contributed by atoms with Crippen LogP contribution in [0.25, 0.3) is 17.2 Å². The van der Waals surface area contributed by atoms with Gasteiger partial charge in [-0.25, -0.2) is 4.79 Å². The molecule has 4 nitrogen and oxygen atoms in total. The van der Waals surface area contributed by atoms with E-state index < -0.39 is 5.97 Å². The lowest BCUT2D eigenvalue weighted by atomic mass is 9.62. The summed E-state index contributed by atoms with van der Waals surface area (Å²) in [6.45, 7) is 9.02. The number of ether oxygens (including phenoxy) is 1. The highest BCUT2D eigenvalue weighted by atomic mass is 16.5. The van der Waals surface area contributed by atoms with Crippen LogP contribution in [0.1, 0.15) is 57.2 Å². The van der Waals surface area contributed by atoms with Crippen LogP contribution < -0.4 is 4.74 Å². The van der Waals surface area contributed by atoms with Crippen LogP contribution in [0.4, 0.5) is 0 Å². The summed E-state index contributed by atoms with van der Waals surface area (Å²) in [6, 6.07) is 9.31. The monoisotopic (exact) mass is 380 g/mol. The van der Waals surface area contributed by atoms with E-state index in [-0.39, 0.29) is 16.6 Å². The summed E-state index contributed by atoms with van der Waals surface area (Å²) in [4.78, 5) is 10.8. The molecule has 2 aromatic rings. The highest BCUT2D eigenvalue weighted by Crippen LogP contribution is 2.50. The van der Waals surface area contributed by atoms with Crippen LogP contribution in [0.3, 0.4) is 0 Å². The number of methoxy groups -OCH3 is 1. The second-order valence-electron chi connectivity index (χ2n) is 8.81. The van der Waals surface area contributed by atoms with Gasteiger partial charge in [0.25, 0.3) is 0 Å². The van der Waals surface area contributed by atoms with Gasteiger partial charge in [-0.2, -0.15) is 0 Å². The predicted octanol–water partition coefficient (Wildman–Crippen LogP) is 5.51. The molecule has 1 aliphatic rings. The molecule has 0 radical (unpaired) electrons. The van der Waals surface area contributed by atoms with Gasteiger partial charge >= 0.3 is 5.97 Å². The summed E-state index contributed by atoms with van der Waals surface area (Å²) in [6.07, 6.45) is 4.80. The van der Waals surface area contributed by atoms with Crippen molar-refractivity contribution >= 4 is 12.0 Å². The topological polar surface area (TPSA) is 66.8 Å². The van der Waals surface area contributed by atoms with Crippen LogP contribution >= 0.6 is 0 Å². The number of hydrogen-bond acceptors (Lipinski definition) is 3. The standard InChI is InChI=1S/C24H28O4/c1-23(2)10-11-24(3,4)19-14-21(28-5)17(13-18(19)23)16-12-15(6-8-20(16)25)7-9-22(26)27/h6-9,12-14,25H,10-11H2,1-5H3,(H,26,27)/b9-7+. The molecule has 148 valence electrons. The Kier molecular flexibility index (Phi) is 5.00. The Balaban J connectivity index is 2.23. The SMILES string of the molecule is COc1cc2c(cc1-c1cc(/C=C/C(=O)O)ccc1O)C(C)(C)CCC2(C)C. The summed E-state index contributed by atoms with van der Waals surface area (Å²) < 4.78 is 5.70. The number of carboxylic acid groups (broad SMARTS) is 1. The van der Waals surface area contributed by atoms with Gasteiger partial charge < -0.3 is 14.9 Å². The Morgan fingerprint density at radius 2 is 1.61 bits per heavy atom. The Bertz CT molecular complexity index is 951. The van der Waals surface area contributed by atoms with Crippen LogP contribution in [0.2, 0.25) is 0 Å². The third kappa shape index (κ3) is 3.64. The summed E-state index contributed by atoms with van der Waals surface area (Å²) in [5.74, 6) is -0.164. The molecular formula is C24H28O4. The minimum atomic E-state index is -1.01. The molecule has 3 rings (SSSR count). The highest BCUT2D eigenvalue weighted by molar-refractivity contribution is 5.86. The molecule has 28 heavy (non-hydrogen) atoms. The summed E-state index contributed by atoms with van der Waals surface area (Å²) in [5, 5.41) is 19.4. The van der Waals surface area contributed by atoms with E-state index in [2.05, 4.69) is 39.8 Å². The highest BCUT2D eigenvalue weighted by Gasteiger charge is 2.38. The lowest BCUT2D eigenvalue weighted by Crippen LogP contribution is -2.33. The molecule has 0 amide bonds. The van der Waals surface area contributed by atoms with E-state index in [1.54, 1.807) is 25.3 Å². The molecule has 4 heteroatoms. The minimum Gasteiger partial charge on any atom is -0.507 e. The van der Waals surface area contributed by atoms with Gasteiger partial charge in [-0.1, -0.05) is 33.8 Å². The summed E-state index contributed by atoms with van der Waals surface area (Å²) in [7, 11) is 1.64. The molecule has 0 bridgehead atoms. The van der Waals surface area contributed by atoms with Crippen molar-refractivity contribution in [1.82, 2.24) is 0 Å². The number of phenolic OH excluding ortho intramolecular Hbond substituents is 1. The van der Waals surface area contributed by atoms with E-state index in [1.165, 1.54) is 17.2 Å². The number of carbonyl (C=O) groups is 1. The average Bonchev–Trinajstić information content (AvgIpc) is 2.64. The Morgan fingerprint density at radius 1 is 1.00 bits per heavy atom. The van der Waals surface area contributed by atoms with Crippen molar-refractivity contribution in [2.45, 2.75) is 51.4 Å². The zero-order valence-corrected chi connectivity index (χ0v) is 17.2. The lowest BCUT2D eigenvalue weighted by molar-refractivity contribution is -0.131. The average molecular weight is 380 g/mol. The van der Waals surface area contributed by atoms with Crippen molar-refractivity contribution in [1.29, 1.82) is 0 Å². The maximum absolute atomic E-state index is 10.8. The predicted molar refractivity (Wildman–Crippen MR) is 112 cm³/mol. The second-order valence-corrected chi connectivity index (χ2v) is 8.81. The molecule has 0 saturated heterocycles. The van der Waals surface area contributed by atoms with E-state index in [0.717, 1.165) is 24.5 Å². The number of phenols is 1. The first-order valence-electron chi connectivity index (χ1n) is 9.52. The van der Waals surface area contributed by atoms with E-state index in [4.69, 9.17) is 9.84 Å². The quantitative estimate of drug-likeness (QED) is 0.686. The molecule has 0 unspecified atom stereocenters. The molecule has 0 aliphatic heterocycles. The number of aliphatic carboxylic acids is 1. The summed E-state index contributed by atoms with van der Waals surface area (Å²) >= 11 is 0. The van der Waals surface area contributed by atoms with Gasteiger partial charge in [-0.3, -0.25) is 0 Å². The van der Waals surface area contributed by atoms with E-state index >= 15 is 0 Å². The zero-order valence-electron chi connectivity index (χ0n) is 17.2. The van der Waals surface area contributed by atoms with Gasteiger partial charge in [-0.05, 0) is 70.7 Å². The van der Waals surface area contributed by atoms with Crippen molar-refractivity contribution in [2.75, 3.05) is 7.11 Å². The maximum Gasteiger partial charge on any atom is 0.328 e. The van der Waals surface area contributed by atoms with Gasteiger partial charge in [0.15, 0.2) is 0 Å². The van der Waals surface area contributed by atoms with Crippen molar-refractivity contribution in [3.63, 3.8) is 0 Å². The number of benzene rings is 2. The molecule has 0 spiro atoms. The fraction of sp³-hybridized carbons (Fsp3) is 0.375. The zero-order chi connectivity index (χ0) is 20.7. The number of aromatic hydroxyl groups is 1. The Labute approximate surface area is 166 Å². The molecule has 0 atom stereocenters. The van der Waals surface area contributed by atoms with Crippen LogP contribution in [0, 0.1) is 0 Å². The fourth-order valence-corrected chi connectivity index (χ4v) is 4.01. The van der Waals surface area contributed by atoms with Gasteiger partial charge in [-0.15, -0.1) is 0 Å². The molecule has 0 aromatic heterocycles. The van der Waals surface area contributed by atoms with Gasteiger partial charge in [0, 0.05) is 17.2 Å². The van der Waals surface area contributed by atoms with Crippen LogP contribution in [0.5, 0.6) is 11.5 Å². The molecule has 2 N–H and O–H groups in total. The minimum absolute atomic E-state index is 0.0301. The van der Waals surface area contributed by atoms with Gasteiger partial charge in [0.2, 0.25) is 0 Å². The molecule has 0 heterocycles. The normalized spacial score (nSPS) is 17.3. The van der Waals surface area contributed by atoms with Crippen molar-refractivity contribution in [3.05, 3.63) is 53.1 Å². The molecule has 0 saturated carbocycles. The molecule has 0 fully saturated rings. The molecular weight excluding hydrogens is 352 g/mol. The third-order valence-electron chi connectivity index (χ3n) is 5.90. The number of carboxylic acids is 1. The number of hydrogen-bond donors (Lipinski definition) is 2. The first-order valence-corrected chi connectivity index (χ1v) is 9.52. The van der Waals surface area contributed by atoms with Crippen LogP contribution in [0.15, 0.2) is 36.4 Å². The van der Waals surface area contributed by atoms with Gasteiger partial charge in [0.1, 0.15) is 11.5 Å². The number of rotatable bonds is 4. The van der Waals surface area contributed by atoms with Crippen molar-refractivity contribution < 1.29 is 19.7 Å². The molecule has 2 aromatic carbocycles. The Morgan fingerprint density at radius 3 is 2.18 bits per heavy atom. The van der Waals surface area contributed by atoms with Gasteiger partial charge in [0.05, 0.1) is 7.11 Å². The Hall–Kier alpha value is -2.75. The first-order chi connectivity index (χ1) is 13.0. The second kappa shape index (κ2) is 7.01. The third-order valence-corrected chi connectivity index (χ3v) is 5.90. The van der Waals surface area contributed by atoms with Crippen LogP contribution in [-0.4, -0.2) is 23.3 Å². The van der Waals surface area contributed by atoms with Crippen LogP contribution in [-0.2, 0) is 15.6 Å². The first kappa shape index (κ1) is 20.0. The molecule has 1 aliphatic carbocycles. The smallest absolute Gasteiger partial charge is 0.328 e. The summed E-state index contributed by atoms with van der Waals surface area (Å²) in [5.41, 5.74) is 4.79. The lowest BCUT2D eigenvalue weighted by Gasteiger charge is -2.42. The maximum atomic E-state index is 10.8.